The van der Waals surface area contributed by atoms with Gasteiger partial charge in [0, 0.05) is 11.3 Å². The number of anilines is 1. The average molecular weight is 281 g/mol. The van der Waals surface area contributed by atoms with Gasteiger partial charge in [0.1, 0.15) is 5.75 Å². The van der Waals surface area contributed by atoms with Crippen molar-refractivity contribution in [1.82, 2.24) is 10.1 Å². The Hall–Kier alpha value is -2.82. The maximum absolute atomic E-state index is 5.91. The lowest BCUT2D eigenvalue weighted by Gasteiger charge is -2.04. The van der Waals surface area contributed by atoms with Crippen LogP contribution in [0.25, 0.3) is 22.8 Å². The third-order valence-corrected chi connectivity index (χ3v) is 3.38. The van der Waals surface area contributed by atoms with Crippen molar-refractivity contribution in [2.24, 2.45) is 0 Å². The van der Waals surface area contributed by atoms with Crippen LogP contribution in [0.15, 0.2) is 47.0 Å². The van der Waals surface area contributed by atoms with Gasteiger partial charge in [-0.1, -0.05) is 23.4 Å². The van der Waals surface area contributed by atoms with Crippen LogP contribution >= 0.6 is 0 Å². The highest BCUT2D eigenvalue weighted by molar-refractivity contribution is 5.69. The number of methoxy groups -OCH3 is 1. The summed E-state index contributed by atoms with van der Waals surface area (Å²) in [4.78, 5) is 4.45. The van der Waals surface area contributed by atoms with Gasteiger partial charge < -0.3 is 15.0 Å². The van der Waals surface area contributed by atoms with Crippen LogP contribution in [0, 0.1) is 6.92 Å². The van der Waals surface area contributed by atoms with Crippen molar-refractivity contribution >= 4 is 5.69 Å². The topological polar surface area (TPSA) is 74.2 Å². The van der Waals surface area contributed by atoms with E-state index in [-0.39, 0.29) is 0 Å². The van der Waals surface area contributed by atoms with Gasteiger partial charge >= 0.3 is 0 Å². The maximum Gasteiger partial charge on any atom is 0.258 e. The van der Waals surface area contributed by atoms with Gasteiger partial charge in [-0.05, 0) is 36.8 Å². The number of benzene rings is 2. The van der Waals surface area contributed by atoms with Crippen LogP contribution in [-0.2, 0) is 0 Å². The molecule has 0 atom stereocenters. The van der Waals surface area contributed by atoms with Crippen molar-refractivity contribution in [1.29, 1.82) is 0 Å². The molecule has 3 rings (SSSR count). The normalized spacial score (nSPS) is 10.6. The SMILES string of the molecule is COc1ccccc1-c1noc(-c2cccc(N)c2C)n1. The molecule has 2 N–H and O–H groups in total. The monoisotopic (exact) mass is 281 g/mol. The number of hydrogen-bond acceptors (Lipinski definition) is 5. The van der Waals surface area contributed by atoms with Gasteiger partial charge in [-0.3, -0.25) is 0 Å². The third kappa shape index (κ3) is 2.33. The molecule has 0 saturated heterocycles. The fourth-order valence-electron chi connectivity index (χ4n) is 2.16. The molecule has 5 heteroatoms. The summed E-state index contributed by atoms with van der Waals surface area (Å²) < 4.78 is 10.7. The molecule has 0 spiro atoms. The van der Waals surface area contributed by atoms with E-state index in [9.17, 15) is 0 Å². The van der Waals surface area contributed by atoms with Gasteiger partial charge in [0.25, 0.3) is 5.89 Å². The molecule has 0 saturated carbocycles. The zero-order valence-electron chi connectivity index (χ0n) is 11.8. The van der Waals surface area contributed by atoms with E-state index in [0.717, 1.165) is 16.7 Å². The largest absolute Gasteiger partial charge is 0.496 e. The number of ether oxygens (including phenoxy) is 1. The van der Waals surface area contributed by atoms with E-state index in [2.05, 4.69) is 10.1 Å². The standard InChI is InChI=1S/C16H15N3O2/c1-10-11(7-5-8-13(10)17)16-18-15(19-21-16)12-6-3-4-9-14(12)20-2/h3-9H,17H2,1-2H3. The lowest BCUT2D eigenvalue weighted by Crippen LogP contribution is -1.92. The Balaban J connectivity index is 2.06. The second-order valence-electron chi connectivity index (χ2n) is 4.64. The van der Waals surface area contributed by atoms with Crippen molar-refractivity contribution < 1.29 is 9.26 Å². The van der Waals surface area contributed by atoms with Crippen LogP contribution in [0.3, 0.4) is 0 Å². The lowest BCUT2D eigenvalue weighted by atomic mass is 10.1. The Bertz CT molecular complexity index is 781. The Morgan fingerprint density at radius 3 is 2.62 bits per heavy atom. The molecule has 1 heterocycles. The van der Waals surface area contributed by atoms with E-state index in [1.165, 1.54) is 0 Å². The van der Waals surface area contributed by atoms with Crippen LogP contribution in [0.1, 0.15) is 5.56 Å². The molecule has 0 aliphatic rings. The van der Waals surface area contributed by atoms with E-state index < -0.39 is 0 Å². The average Bonchev–Trinajstić information content (AvgIpc) is 2.99. The molecule has 21 heavy (non-hydrogen) atoms. The molecule has 0 unspecified atom stereocenters. The number of nitrogens with two attached hydrogens (primary N) is 1. The van der Waals surface area contributed by atoms with E-state index in [4.69, 9.17) is 15.0 Å². The lowest BCUT2D eigenvalue weighted by molar-refractivity contribution is 0.413. The predicted octanol–water partition coefficient (Wildman–Crippen LogP) is 3.30. The Morgan fingerprint density at radius 1 is 1.05 bits per heavy atom. The van der Waals surface area contributed by atoms with Crippen molar-refractivity contribution in [3.63, 3.8) is 0 Å². The molecule has 0 fully saturated rings. The van der Waals surface area contributed by atoms with Crippen molar-refractivity contribution in [2.45, 2.75) is 6.92 Å². The van der Waals surface area contributed by atoms with Crippen LogP contribution in [-0.4, -0.2) is 17.3 Å². The number of nitrogen functional groups attached to an aromatic ring is 1. The summed E-state index contributed by atoms with van der Waals surface area (Å²) in [6, 6.07) is 13.2. The number of nitrogens with zero attached hydrogens (tertiary/aromatic N) is 2. The summed E-state index contributed by atoms with van der Waals surface area (Å²) in [5, 5.41) is 4.04. The van der Waals surface area contributed by atoms with E-state index in [1.807, 2.05) is 49.4 Å². The van der Waals surface area contributed by atoms with Gasteiger partial charge in [-0.25, -0.2) is 0 Å². The van der Waals surface area contributed by atoms with E-state index >= 15 is 0 Å². The number of aromatic nitrogens is 2. The maximum atomic E-state index is 5.91. The van der Waals surface area contributed by atoms with Crippen LogP contribution in [0.4, 0.5) is 5.69 Å². The fraction of sp³-hybridized carbons (Fsp3) is 0.125. The number of hydrogen-bond donors (Lipinski definition) is 1. The first kappa shape index (κ1) is 13.2. The molecule has 3 aromatic rings. The minimum Gasteiger partial charge on any atom is -0.496 e. The zero-order chi connectivity index (χ0) is 14.8. The predicted molar refractivity (Wildman–Crippen MR) is 80.9 cm³/mol. The fourth-order valence-corrected chi connectivity index (χ4v) is 2.16. The quantitative estimate of drug-likeness (QED) is 0.745. The highest BCUT2D eigenvalue weighted by atomic mass is 16.5. The Morgan fingerprint density at radius 2 is 1.81 bits per heavy atom. The summed E-state index contributed by atoms with van der Waals surface area (Å²) >= 11 is 0. The van der Waals surface area contributed by atoms with Crippen LogP contribution in [0.2, 0.25) is 0 Å². The Kier molecular flexibility index (Phi) is 3.31. The van der Waals surface area contributed by atoms with E-state index in [1.54, 1.807) is 7.11 Å². The molecular weight excluding hydrogens is 266 g/mol. The molecule has 0 bridgehead atoms. The van der Waals surface area contributed by atoms with Gasteiger partial charge in [0.2, 0.25) is 5.82 Å². The molecule has 106 valence electrons. The van der Waals surface area contributed by atoms with E-state index in [0.29, 0.717) is 23.2 Å². The first-order valence-corrected chi connectivity index (χ1v) is 6.53. The molecule has 5 nitrogen and oxygen atoms in total. The molecule has 0 aliphatic carbocycles. The number of rotatable bonds is 3. The second-order valence-corrected chi connectivity index (χ2v) is 4.64. The number of para-hydroxylation sites is 1. The van der Waals surface area contributed by atoms with Crippen LogP contribution < -0.4 is 10.5 Å². The summed E-state index contributed by atoms with van der Waals surface area (Å²) in [5.74, 6) is 1.64. The zero-order valence-corrected chi connectivity index (χ0v) is 11.8. The first-order chi connectivity index (χ1) is 10.2. The molecule has 2 aromatic carbocycles. The molecule has 0 aliphatic heterocycles. The summed E-state index contributed by atoms with van der Waals surface area (Å²) in [5.41, 5.74) is 9.16. The van der Waals surface area contributed by atoms with Gasteiger partial charge in [-0.15, -0.1) is 0 Å². The summed E-state index contributed by atoms with van der Waals surface area (Å²) in [6.45, 7) is 1.93. The van der Waals surface area contributed by atoms with Crippen molar-refractivity contribution in [3.8, 4) is 28.6 Å². The van der Waals surface area contributed by atoms with Crippen LogP contribution in [0.5, 0.6) is 5.75 Å². The minimum atomic E-state index is 0.445. The molecule has 0 amide bonds. The van der Waals surface area contributed by atoms with Crippen molar-refractivity contribution in [2.75, 3.05) is 12.8 Å². The summed E-state index contributed by atoms with van der Waals surface area (Å²) in [7, 11) is 1.61. The van der Waals surface area contributed by atoms with Gasteiger partial charge in [-0.2, -0.15) is 4.98 Å². The van der Waals surface area contributed by atoms with Gasteiger partial charge in [0.15, 0.2) is 0 Å². The minimum absolute atomic E-state index is 0.445. The smallest absolute Gasteiger partial charge is 0.258 e. The van der Waals surface area contributed by atoms with Gasteiger partial charge in [0.05, 0.1) is 12.7 Å². The highest BCUT2D eigenvalue weighted by Crippen LogP contribution is 2.31. The molecule has 0 radical (unpaired) electrons. The third-order valence-electron chi connectivity index (χ3n) is 3.38. The first-order valence-electron chi connectivity index (χ1n) is 6.53. The Labute approximate surface area is 122 Å². The second kappa shape index (κ2) is 5.28. The highest BCUT2D eigenvalue weighted by Gasteiger charge is 2.15. The van der Waals surface area contributed by atoms with Crippen molar-refractivity contribution in [3.05, 3.63) is 48.0 Å². The molecular formula is C16H15N3O2. The summed E-state index contributed by atoms with van der Waals surface area (Å²) in [6.07, 6.45) is 0. The molecule has 1 aromatic heterocycles.